The fraction of sp³-hybridized carbons (Fsp3) is 0.750. The fourth-order valence-electron chi connectivity index (χ4n) is 9.01. The second-order valence-electron chi connectivity index (χ2n) is 11.1. The third kappa shape index (κ3) is 1.53. The standard InChI is InChI=1S/C24H28O3/c1-22-6-3-12(25)9-17(22)13-10-14(13)20-16(22)4-7-23(2)21(20)15-11-18(15)24(23)8-5-19(26)27-24/h4,9,13-15,18,20-21H,3,5-8,10-11H2,1-2H3/t13-,14+,15?,18+,20?,21?,22-,23+,24+/m1/s1. The number of esters is 1. The summed E-state index contributed by atoms with van der Waals surface area (Å²) in [6.45, 7) is 4.87. The molecule has 1 heterocycles. The van der Waals surface area contributed by atoms with E-state index in [4.69, 9.17) is 4.74 Å². The van der Waals surface area contributed by atoms with Gasteiger partial charge in [-0.1, -0.05) is 31.1 Å². The van der Waals surface area contributed by atoms with Crippen LogP contribution in [-0.2, 0) is 14.3 Å². The number of allylic oxidation sites excluding steroid dienone is 4. The molecule has 1 aliphatic heterocycles. The molecule has 3 unspecified atom stereocenters. The second kappa shape index (κ2) is 4.28. The van der Waals surface area contributed by atoms with Gasteiger partial charge in [0.05, 0.1) is 0 Å². The average Bonchev–Trinajstić information content (AvgIpc) is 3.53. The van der Waals surface area contributed by atoms with E-state index in [2.05, 4.69) is 19.9 Å². The third-order valence-corrected chi connectivity index (χ3v) is 10.3. The summed E-state index contributed by atoms with van der Waals surface area (Å²) >= 11 is 0. The van der Waals surface area contributed by atoms with Gasteiger partial charge in [0, 0.05) is 29.6 Å². The molecule has 6 aliphatic carbocycles. The predicted molar refractivity (Wildman–Crippen MR) is 99.5 cm³/mol. The van der Waals surface area contributed by atoms with Crippen LogP contribution in [0.5, 0.6) is 0 Å². The quantitative estimate of drug-likeness (QED) is 0.477. The normalized spacial score (nSPS) is 59.0. The topological polar surface area (TPSA) is 43.4 Å². The van der Waals surface area contributed by atoms with Crippen molar-refractivity contribution in [2.24, 2.45) is 46.3 Å². The highest BCUT2D eigenvalue weighted by Crippen LogP contribution is 2.81. The number of carbonyl (C=O) groups is 2. The molecule has 3 heteroatoms. The Hall–Kier alpha value is -1.38. The van der Waals surface area contributed by atoms with Gasteiger partial charge in [-0.15, -0.1) is 0 Å². The second-order valence-corrected chi connectivity index (χ2v) is 11.1. The predicted octanol–water partition coefficient (Wildman–Crippen LogP) is 4.23. The zero-order valence-corrected chi connectivity index (χ0v) is 16.3. The Bertz CT molecular complexity index is 882. The highest BCUT2D eigenvalue weighted by molar-refractivity contribution is 5.92. The highest BCUT2D eigenvalue weighted by atomic mass is 16.6. The maximum Gasteiger partial charge on any atom is 0.306 e. The summed E-state index contributed by atoms with van der Waals surface area (Å²) in [6, 6.07) is 0. The van der Waals surface area contributed by atoms with Crippen molar-refractivity contribution in [2.45, 2.75) is 64.4 Å². The largest absolute Gasteiger partial charge is 0.458 e. The zero-order chi connectivity index (χ0) is 18.3. The van der Waals surface area contributed by atoms with Crippen LogP contribution in [0.2, 0.25) is 0 Å². The van der Waals surface area contributed by atoms with Crippen molar-refractivity contribution in [3.63, 3.8) is 0 Å². The van der Waals surface area contributed by atoms with E-state index in [0.717, 1.165) is 31.1 Å². The zero-order valence-electron chi connectivity index (χ0n) is 16.3. The first-order valence-electron chi connectivity index (χ1n) is 11.1. The molecule has 142 valence electrons. The SMILES string of the molecule is C[C@]12CCC(=O)C=C1[C@@H]1C[C@@H]1C1C2=CC[C@@]2(C)C1C1C[C@@H]1[C@@]21CCC(=O)O1. The van der Waals surface area contributed by atoms with Gasteiger partial charge in [-0.2, -0.15) is 0 Å². The molecule has 0 radical (unpaired) electrons. The van der Waals surface area contributed by atoms with E-state index in [1.165, 1.54) is 18.4 Å². The molecule has 1 spiro atoms. The van der Waals surface area contributed by atoms with Crippen LogP contribution in [0.25, 0.3) is 0 Å². The summed E-state index contributed by atoms with van der Waals surface area (Å²) < 4.78 is 6.19. The molecule has 0 N–H and O–H groups in total. The van der Waals surface area contributed by atoms with Gasteiger partial charge in [-0.05, 0) is 67.8 Å². The lowest BCUT2D eigenvalue weighted by Crippen LogP contribution is -2.53. The Balaban J connectivity index is 1.38. The smallest absolute Gasteiger partial charge is 0.306 e. The van der Waals surface area contributed by atoms with Gasteiger partial charge in [0.25, 0.3) is 0 Å². The molecule has 7 aliphatic rings. The lowest BCUT2D eigenvalue weighted by Gasteiger charge is -2.56. The Kier molecular flexibility index (Phi) is 2.46. The number of hydrogen-bond acceptors (Lipinski definition) is 3. The number of fused-ring (bicyclic) bond motifs is 12. The number of hydrogen-bond donors (Lipinski definition) is 0. The van der Waals surface area contributed by atoms with Gasteiger partial charge < -0.3 is 4.74 Å². The number of carbonyl (C=O) groups excluding carboxylic acids is 2. The minimum absolute atomic E-state index is 0.0354. The van der Waals surface area contributed by atoms with Gasteiger partial charge >= 0.3 is 5.97 Å². The van der Waals surface area contributed by atoms with E-state index >= 15 is 0 Å². The monoisotopic (exact) mass is 364 g/mol. The molecule has 0 amide bonds. The molecular formula is C24H28O3. The highest BCUT2D eigenvalue weighted by Gasteiger charge is 2.80. The van der Waals surface area contributed by atoms with Crippen molar-refractivity contribution in [1.29, 1.82) is 0 Å². The van der Waals surface area contributed by atoms with Gasteiger partial charge in [0.2, 0.25) is 0 Å². The Labute approximate surface area is 160 Å². The summed E-state index contributed by atoms with van der Waals surface area (Å²) in [7, 11) is 0. The maximum atomic E-state index is 12.1. The van der Waals surface area contributed by atoms with E-state index < -0.39 is 0 Å². The molecule has 9 atom stereocenters. The van der Waals surface area contributed by atoms with Crippen LogP contribution in [0.3, 0.4) is 0 Å². The number of ketones is 1. The maximum absolute atomic E-state index is 12.1. The molecule has 27 heavy (non-hydrogen) atoms. The first-order chi connectivity index (χ1) is 12.9. The van der Waals surface area contributed by atoms with Crippen LogP contribution in [0.1, 0.15) is 58.8 Å². The van der Waals surface area contributed by atoms with E-state index in [1.807, 2.05) is 6.08 Å². The van der Waals surface area contributed by atoms with Crippen LogP contribution in [0.4, 0.5) is 0 Å². The number of rotatable bonds is 0. The van der Waals surface area contributed by atoms with Crippen LogP contribution >= 0.6 is 0 Å². The molecule has 0 bridgehead atoms. The Morgan fingerprint density at radius 1 is 1.04 bits per heavy atom. The van der Waals surface area contributed by atoms with E-state index in [-0.39, 0.29) is 22.4 Å². The van der Waals surface area contributed by atoms with Gasteiger partial charge in [0.15, 0.2) is 5.78 Å². The van der Waals surface area contributed by atoms with Crippen LogP contribution < -0.4 is 0 Å². The Morgan fingerprint density at radius 2 is 1.89 bits per heavy atom. The molecule has 4 saturated carbocycles. The van der Waals surface area contributed by atoms with Crippen molar-refractivity contribution in [3.8, 4) is 0 Å². The number of ether oxygens (including phenoxy) is 1. The summed E-state index contributed by atoms with van der Waals surface area (Å²) in [6.07, 6.45) is 11.4. The fourth-order valence-corrected chi connectivity index (χ4v) is 9.01. The average molecular weight is 364 g/mol. The van der Waals surface area contributed by atoms with Crippen LogP contribution in [0, 0.1) is 46.3 Å². The van der Waals surface area contributed by atoms with Crippen LogP contribution in [-0.4, -0.2) is 17.4 Å². The lowest BCUT2D eigenvalue weighted by atomic mass is 9.49. The molecule has 0 aromatic heterocycles. The van der Waals surface area contributed by atoms with Crippen molar-refractivity contribution < 1.29 is 14.3 Å². The summed E-state index contributed by atoms with van der Waals surface area (Å²) in [5.74, 6) is 4.47. The lowest BCUT2D eigenvalue weighted by molar-refractivity contribution is -0.166. The van der Waals surface area contributed by atoms with E-state index in [1.54, 1.807) is 5.57 Å². The van der Waals surface area contributed by atoms with E-state index in [9.17, 15) is 9.59 Å². The summed E-state index contributed by atoms with van der Waals surface area (Å²) in [5, 5.41) is 0. The summed E-state index contributed by atoms with van der Waals surface area (Å²) in [5.41, 5.74) is 3.18. The van der Waals surface area contributed by atoms with Gasteiger partial charge in [-0.25, -0.2) is 0 Å². The van der Waals surface area contributed by atoms with Gasteiger partial charge in [0.1, 0.15) is 5.60 Å². The van der Waals surface area contributed by atoms with Crippen LogP contribution in [0.15, 0.2) is 23.3 Å². The molecular weight excluding hydrogens is 336 g/mol. The minimum atomic E-state index is -0.175. The molecule has 0 aromatic carbocycles. The van der Waals surface area contributed by atoms with Crippen molar-refractivity contribution in [1.82, 2.24) is 0 Å². The van der Waals surface area contributed by atoms with E-state index in [0.29, 0.717) is 42.3 Å². The Morgan fingerprint density at radius 3 is 2.67 bits per heavy atom. The third-order valence-electron chi connectivity index (χ3n) is 10.3. The molecule has 3 nitrogen and oxygen atoms in total. The minimum Gasteiger partial charge on any atom is -0.458 e. The first-order valence-corrected chi connectivity index (χ1v) is 11.1. The van der Waals surface area contributed by atoms with Crippen molar-refractivity contribution in [2.75, 3.05) is 0 Å². The van der Waals surface area contributed by atoms with Crippen molar-refractivity contribution in [3.05, 3.63) is 23.3 Å². The molecule has 1 saturated heterocycles. The van der Waals surface area contributed by atoms with Crippen molar-refractivity contribution >= 4 is 11.8 Å². The first kappa shape index (κ1) is 15.5. The molecule has 5 fully saturated rings. The molecule has 7 rings (SSSR count). The molecule has 0 aromatic rings. The summed E-state index contributed by atoms with van der Waals surface area (Å²) in [4.78, 5) is 24.3. The van der Waals surface area contributed by atoms with Gasteiger partial charge in [-0.3, -0.25) is 9.59 Å².